The van der Waals surface area contributed by atoms with Crippen LogP contribution < -0.4 is 0 Å². The van der Waals surface area contributed by atoms with Crippen LogP contribution in [0.4, 0.5) is 10.1 Å². The minimum atomic E-state index is -0.884. The second-order valence-corrected chi connectivity index (χ2v) is 5.88. The molecule has 3 rings (SSSR count). The van der Waals surface area contributed by atoms with E-state index in [1.807, 2.05) is 0 Å². The van der Waals surface area contributed by atoms with Gasteiger partial charge < -0.3 is 9.26 Å². The molecule has 3 aromatic rings. The molecule has 0 radical (unpaired) electrons. The van der Waals surface area contributed by atoms with Crippen LogP contribution in [0.25, 0.3) is 11.4 Å². The largest absolute Gasteiger partial charge is 0.452 e. The Morgan fingerprint density at radius 1 is 1.33 bits per heavy atom. The van der Waals surface area contributed by atoms with Gasteiger partial charge >= 0.3 is 5.97 Å². The maximum Gasteiger partial charge on any atom is 0.340 e. The van der Waals surface area contributed by atoms with Crippen molar-refractivity contribution in [3.63, 3.8) is 0 Å². The number of rotatable bonds is 5. The first kappa shape index (κ1) is 18.5. The maximum atomic E-state index is 13.6. The number of nitrogens with zero attached hydrogens (tertiary/aromatic N) is 3. The molecule has 8 nitrogen and oxygen atoms in total. The van der Waals surface area contributed by atoms with Gasteiger partial charge in [0, 0.05) is 17.7 Å². The Morgan fingerprint density at radius 2 is 2.11 bits per heavy atom. The molecule has 0 spiro atoms. The summed E-state index contributed by atoms with van der Waals surface area (Å²) < 4.78 is 23.6. The molecule has 0 atom stereocenters. The highest BCUT2D eigenvalue weighted by Gasteiger charge is 2.18. The van der Waals surface area contributed by atoms with Crippen molar-refractivity contribution >= 4 is 23.3 Å². The van der Waals surface area contributed by atoms with E-state index >= 15 is 0 Å². The fraction of sp³-hybridized carbons (Fsp3) is 0.118. The molecule has 27 heavy (non-hydrogen) atoms. The van der Waals surface area contributed by atoms with Gasteiger partial charge in [0.25, 0.3) is 11.6 Å². The van der Waals surface area contributed by atoms with Crippen LogP contribution in [0.5, 0.6) is 0 Å². The molecular weight excluding hydrogens is 381 g/mol. The van der Waals surface area contributed by atoms with Gasteiger partial charge in [0.05, 0.1) is 15.5 Å². The maximum absolute atomic E-state index is 13.6. The lowest BCUT2D eigenvalue weighted by atomic mass is 10.1. The van der Waals surface area contributed by atoms with Crippen LogP contribution in [0, 0.1) is 22.9 Å². The number of non-ortho nitro benzene ring substituents is 1. The van der Waals surface area contributed by atoms with Gasteiger partial charge in [0.2, 0.25) is 5.82 Å². The van der Waals surface area contributed by atoms with Crippen molar-refractivity contribution in [3.8, 4) is 11.4 Å². The molecule has 0 saturated carbocycles. The third-order valence-electron chi connectivity index (χ3n) is 3.61. The van der Waals surface area contributed by atoms with E-state index in [9.17, 15) is 19.3 Å². The molecule has 138 valence electrons. The number of aryl methyl sites for hydroxylation is 1. The summed E-state index contributed by atoms with van der Waals surface area (Å²) in [6.45, 7) is 1.25. The van der Waals surface area contributed by atoms with Gasteiger partial charge in [-0.05, 0) is 24.6 Å². The van der Waals surface area contributed by atoms with E-state index in [2.05, 4.69) is 10.1 Å². The van der Waals surface area contributed by atoms with Crippen molar-refractivity contribution in [1.82, 2.24) is 10.1 Å². The quantitative estimate of drug-likeness (QED) is 0.366. The number of nitro groups is 1. The normalized spacial score (nSPS) is 10.6. The number of halogens is 2. The van der Waals surface area contributed by atoms with Crippen LogP contribution >= 0.6 is 11.6 Å². The lowest BCUT2D eigenvalue weighted by molar-refractivity contribution is -0.384. The van der Waals surface area contributed by atoms with Gasteiger partial charge in [-0.2, -0.15) is 4.98 Å². The van der Waals surface area contributed by atoms with Crippen molar-refractivity contribution in [3.05, 3.63) is 74.4 Å². The second kappa shape index (κ2) is 7.50. The van der Waals surface area contributed by atoms with Crippen LogP contribution in [-0.2, 0) is 11.3 Å². The van der Waals surface area contributed by atoms with Crippen LogP contribution in [0.3, 0.4) is 0 Å². The fourth-order valence-electron chi connectivity index (χ4n) is 2.15. The van der Waals surface area contributed by atoms with Gasteiger partial charge in [-0.25, -0.2) is 9.18 Å². The van der Waals surface area contributed by atoms with Crippen LogP contribution in [0.1, 0.15) is 21.8 Å². The Hall–Kier alpha value is -3.33. The molecule has 1 heterocycles. The average molecular weight is 392 g/mol. The lowest BCUT2D eigenvalue weighted by Gasteiger charge is -2.04. The molecule has 2 aromatic carbocycles. The average Bonchev–Trinajstić information content (AvgIpc) is 3.11. The van der Waals surface area contributed by atoms with E-state index in [0.717, 1.165) is 6.07 Å². The number of carbonyl (C=O) groups is 1. The zero-order valence-corrected chi connectivity index (χ0v) is 14.6. The monoisotopic (exact) mass is 391 g/mol. The van der Waals surface area contributed by atoms with E-state index in [1.54, 1.807) is 19.1 Å². The summed E-state index contributed by atoms with van der Waals surface area (Å²) in [6, 6.07) is 7.88. The van der Waals surface area contributed by atoms with Crippen LogP contribution in [0.2, 0.25) is 5.02 Å². The molecule has 0 saturated heterocycles. The van der Waals surface area contributed by atoms with Crippen molar-refractivity contribution < 1.29 is 23.4 Å². The second-order valence-electron chi connectivity index (χ2n) is 5.47. The molecule has 0 bridgehead atoms. The molecule has 0 fully saturated rings. The molecule has 0 N–H and O–H groups in total. The van der Waals surface area contributed by atoms with Crippen molar-refractivity contribution in [2.45, 2.75) is 13.5 Å². The van der Waals surface area contributed by atoms with Crippen LogP contribution in [0.15, 0.2) is 40.9 Å². The summed E-state index contributed by atoms with van der Waals surface area (Å²) in [5.41, 5.74) is 0.422. The number of benzene rings is 2. The topological polar surface area (TPSA) is 108 Å². The minimum absolute atomic E-state index is 0.00643. The summed E-state index contributed by atoms with van der Waals surface area (Å²) in [5.74, 6) is -1.19. The highest BCUT2D eigenvalue weighted by Crippen LogP contribution is 2.23. The van der Waals surface area contributed by atoms with Crippen molar-refractivity contribution in [2.24, 2.45) is 0 Å². The zero-order valence-electron chi connectivity index (χ0n) is 13.8. The summed E-state index contributed by atoms with van der Waals surface area (Å²) in [6.07, 6.45) is 0. The fourth-order valence-corrected chi connectivity index (χ4v) is 2.35. The number of carbonyl (C=O) groups excluding carboxylic acids is 1. The molecule has 0 aliphatic heterocycles. The number of esters is 1. The first-order valence-corrected chi connectivity index (χ1v) is 7.93. The number of ether oxygens (including phenoxy) is 1. The first-order valence-electron chi connectivity index (χ1n) is 7.55. The van der Waals surface area contributed by atoms with E-state index in [4.69, 9.17) is 20.9 Å². The Kier molecular flexibility index (Phi) is 5.13. The summed E-state index contributed by atoms with van der Waals surface area (Å²) in [7, 11) is 0. The predicted molar refractivity (Wildman–Crippen MR) is 91.7 cm³/mol. The van der Waals surface area contributed by atoms with Gasteiger partial charge in [-0.15, -0.1) is 0 Å². The number of nitro benzene ring substituents is 1. The minimum Gasteiger partial charge on any atom is -0.452 e. The van der Waals surface area contributed by atoms with E-state index in [-0.39, 0.29) is 34.6 Å². The van der Waals surface area contributed by atoms with Gasteiger partial charge in [0.1, 0.15) is 5.82 Å². The Labute approximate surface area is 156 Å². The molecule has 0 aliphatic carbocycles. The zero-order chi connectivity index (χ0) is 19.6. The van der Waals surface area contributed by atoms with Gasteiger partial charge in [-0.3, -0.25) is 10.1 Å². The Morgan fingerprint density at radius 3 is 2.81 bits per heavy atom. The molecule has 10 heteroatoms. The van der Waals surface area contributed by atoms with E-state index in [0.29, 0.717) is 11.1 Å². The molecule has 0 aliphatic rings. The smallest absolute Gasteiger partial charge is 0.340 e. The number of hydrogen-bond acceptors (Lipinski definition) is 7. The van der Waals surface area contributed by atoms with Crippen molar-refractivity contribution in [2.75, 3.05) is 0 Å². The van der Waals surface area contributed by atoms with E-state index < -0.39 is 16.7 Å². The molecule has 0 unspecified atom stereocenters. The van der Waals surface area contributed by atoms with Crippen LogP contribution in [-0.4, -0.2) is 21.0 Å². The third kappa shape index (κ3) is 4.09. The number of aromatic nitrogens is 2. The van der Waals surface area contributed by atoms with E-state index in [1.165, 1.54) is 18.2 Å². The molecule has 1 aromatic heterocycles. The Balaban J connectivity index is 1.71. The summed E-state index contributed by atoms with van der Waals surface area (Å²) in [4.78, 5) is 26.3. The number of hydrogen-bond donors (Lipinski definition) is 0. The molecular formula is C17H11ClFN3O5. The predicted octanol–water partition coefficient (Wildman–Crippen LogP) is 4.10. The van der Waals surface area contributed by atoms with Gasteiger partial charge in [-0.1, -0.05) is 28.9 Å². The standard InChI is InChI=1S/C17H11ClFN3O5/c1-9-2-3-10(6-14(9)19)16-20-15(27-21-16)8-26-17(23)12-7-11(22(24)25)4-5-13(12)18/h2-7H,8H2,1H3. The van der Waals surface area contributed by atoms with Crippen molar-refractivity contribution in [1.29, 1.82) is 0 Å². The SMILES string of the molecule is Cc1ccc(-c2noc(COC(=O)c3cc([N+](=O)[O-])ccc3Cl)n2)cc1F. The Bertz CT molecular complexity index is 1040. The van der Waals surface area contributed by atoms with Gasteiger partial charge in [0.15, 0.2) is 6.61 Å². The third-order valence-corrected chi connectivity index (χ3v) is 3.94. The highest BCUT2D eigenvalue weighted by molar-refractivity contribution is 6.33. The summed E-state index contributed by atoms with van der Waals surface area (Å²) in [5, 5.41) is 14.5. The summed E-state index contributed by atoms with van der Waals surface area (Å²) >= 11 is 5.88. The first-order chi connectivity index (χ1) is 12.8. The lowest BCUT2D eigenvalue weighted by Crippen LogP contribution is -2.07. The molecule has 0 amide bonds. The highest BCUT2D eigenvalue weighted by atomic mass is 35.5.